The largest absolute Gasteiger partial charge is 0.486 e. The van der Waals surface area contributed by atoms with Crippen molar-refractivity contribution >= 4 is 17.6 Å². The molecule has 0 radical (unpaired) electrons. The highest BCUT2D eigenvalue weighted by molar-refractivity contribution is 6.23. The predicted molar refractivity (Wildman–Crippen MR) is 100 cm³/mol. The molecule has 0 saturated heterocycles. The van der Waals surface area contributed by atoms with Gasteiger partial charge in [0, 0.05) is 30.4 Å². The van der Waals surface area contributed by atoms with Gasteiger partial charge in [0.1, 0.15) is 12.4 Å². The zero-order valence-electron chi connectivity index (χ0n) is 15.5. The molecule has 0 bridgehead atoms. The summed E-state index contributed by atoms with van der Waals surface area (Å²) >= 11 is 0. The number of anilines is 1. The fourth-order valence-corrected chi connectivity index (χ4v) is 3.13. The molecule has 2 amide bonds. The Labute approximate surface area is 163 Å². The van der Waals surface area contributed by atoms with Crippen LogP contribution in [-0.2, 0) is 13.7 Å². The second-order valence-corrected chi connectivity index (χ2v) is 6.56. The van der Waals surface area contributed by atoms with E-state index >= 15 is 0 Å². The van der Waals surface area contributed by atoms with E-state index in [1.54, 1.807) is 17.9 Å². The van der Waals surface area contributed by atoms with E-state index in [0.29, 0.717) is 0 Å². The number of nitrogens with one attached hydrogen (secondary N) is 1. The molecular formula is C19H16FN5O4. The number of aromatic nitrogens is 3. The lowest BCUT2D eigenvalue weighted by Gasteiger charge is -2.13. The van der Waals surface area contributed by atoms with Crippen molar-refractivity contribution in [3.8, 4) is 11.4 Å². The molecule has 0 unspecified atom stereocenters. The third-order valence-corrected chi connectivity index (χ3v) is 4.85. The molecule has 1 aliphatic rings. The van der Waals surface area contributed by atoms with Crippen LogP contribution in [0.15, 0.2) is 35.3 Å². The number of carbonyl (C=O) groups is 2. The number of halogens is 1. The van der Waals surface area contributed by atoms with Crippen molar-refractivity contribution in [2.45, 2.75) is 13.5 Å². The van der Waals surface area contributed by atoms with Gasteiger partial charge in [-0.1, -0.05) is 0 Å². The second kappa shape index (κ2) is 6.59. The van der Waals surface area contributed by atoms with E-state index in [0.717, 1.165) is 28.0 Å². The third kappa shape index (κ3) is 2.94. The van der Waals surface area contributed by atoms with Gasteiger partial charge in [0.15, 0.2) is 11.6 Å². The average molecular weight is 397 g/mol. The van der Waals surface area contributed by atoms with Gasteiger partial charge in [-0.2, -0.15) is 5.10 Å². The van der Waals surface area contributed by atoms with Crippen LogP contribution in [0.3, 0.4) is 0 Å². The maximum absolute atomic E-state index is 14.6. The van der Waals surface area contributed by atoms with Gasteiger partial charge in [0.2, 0.25) is 0 Å². The minimum absolute atomic E-state index is 0.0160. The first kappa shape index (κ1) is 18.4. The second-order valence-electron chi connectivity index (χ2n) is 6.56. The Morgan fingerprint density at radius 3 is 2.62 bits per heavy atom. The van der Waals surface area contributed by atoms with E-state index in [-0.39, 0.29) is 35.0 Å². The van der Waals surface area contributed by atoms with Crippen molar-refractivity contribution in [3.05, 3.63) is 69.0 Å². The third-order valence-electron chi connectivity index (χ3n) is 4.85. The summed E-state index contributed by atoms with van der Waals surface area (Å²) in [5, 5.41) is 6.18. The predicted octanol–water partition coefficient (Wildman–Crippen LogP) is 1.06. The summed E-state index contributed by atoms with van der Waals surface area (Å²) in [4.78, 5) is 36.1. The number of nitrogens with two attached hydrogens (primary N) is 1. The number of nitrogens with zero attached hydrogens (tertiary/aromatic N) is 3. The van der Waals surface area contributed by atoms with Gasteiger partial charge in [-0.3, -0.25) is 28.9 Å². The Bertz CT molecular complexity index is 1240. The Morgan fingerprint density at radius 1 is 1.21 bits per heavy atom. The fourth-order valence-electron chi connectivity index (χ4n) is 3.13. The summed E-state index contributed by atoms with van der Waals surface area (Å²) in [5.41, 5.74) is 6.89. The number of ether oxygens (including phenoxy) is 1. The number of amides is 2. The van der Waals surface area contributed by atoms with Crippen molar-refractivity contribution in [3.63, 3.8) is 0 Å². The first-order chi connectivity index (χ1) is 13.8. The molecule has 148 valence electrons. The normalized spacial score (nSPS) is 12.8. The van der Waals surface area contributed by atoms with E-state index in [9.17, 15) is 18.8 Å². The maximum Gasteiger partial charge on any atom is 0.262 e. The van der Waals surface area contributed by atoms with Gasteiger partial charge >= 0.3 is 0 Å². The zero-order chi connectivity index (χ0) is 20.9. The van der Waals surface area contributed by atoms with Crippen LogP contribution in [-0.4, -0.2) is 26.2 Å². The Balaban J connectivity index is 1.68. The molecule has 2 aromatic heterocycles. The Hall–Kier alpha value is -3.95. The molecule has 29 heavy (non-hydrogen) atoms. The number of benzene rings is 1. The van der Waals surface area contributed by atoms with Crippen LogP contribution in [0.1, 0.15) is 32.0 Å². The molecule has 1 aromatic carbocycles. The molecule has 1 aliphatic heterocycles. The average Bonchev–Trinajstić information content (AvgIpc) is 3.13. The molecule has 0 fully saturated rings. The molecule has 3 N–H and O–H groups in total. The fraction of sp³-hybridized carbons (Fsp3) is 0.158. The molecule has 0 atom stereocenters. The SMILES string of the molecule is Cc1c(COc2ccc(-n3c(N)c4c(cc3=O)C(=O)NC4=O)cc2F)cnn1C. The van der Waals surface area contributed by atoms with Crippen LogP contribution in [0.5, 0.6) is 5.75 Å². The lowest BCUT2D eigenvalue weighted by molar-refractivity contribution is 0.0880. The molecule has 4 rings (SSSR count). The molecule has 0 spiro atoms. The number of pyridine rings is 1. The topological polar surface area (TPSA) is 121 Å². The first-order valence-corrected chi connectivity index (χ1v) is 8.59. The summed E-state index contributed by atoms with van der Waals surface area (Å²) < 4.78 is 22.8. The van der Waals surface area contributed by atoms with Crippen molar-refractivity contribution in [1.29, 1.82) is 0 Å². The number of aryl methyl sites for hydroxylation is 1. The smallest absolute Gasteiger partial charge is 0.262 e. The van der Waals surface area contributed by atoms with Gasteiger partial charge in [-0.15, -0.1) is 0 Å². The minimum atomic E-state index is -0.712. The van der Waals surface area contributed by atoms with E-state index in [1.807, 2.05) is 6.92 Å². The quantitative estimate of drug-likeness (QED) is 0.635. The molecule has 3 heterocycles. The Morgan fingerprint density at radius 2 is 1.97 bits per heavy atom. The van der Waals surface area contributed by atoms with Crippen LogP contribution in [0.25, 0.3) is 5.69 Å². The number of hydrogen-bond acceptors (Lipinski definition) is 6. The van der Waals surface area contributed by atoms with Crippen LogP contribution >= 0.6 is 0 Å². The van der Waals surface area contributed by atoms with E-state index in [4.69, 9.17) is 10.5 Å². The number of fused-ring (bicyclic) bond motifs is 1. The minimum Gasteiger partial charge on any atom is -0.486 e. The van der Waals surface area contributed by atoms with Gasteiger partial charge in [-0.05, 0) is 19.1 Å². The number of rotatable bonds is 4. The summed E-state index contributed by atoms with van der Waals surface area (Å²) in [6.07, 6.45) is 1.64. The van der Waals surface area contributed by atoms with E-state index in [2.05, 4.69) is 10.4 Å². The van der Waals surface area contributed by atoms with E-state index < -0.39 is 23.2 Å². The van der Waals surface area contributed by atoms with Gasteiger partial charge in [-0.25, -0.2) is 4.39 Å². The highest BCUT2D eigenvalue weighted by atomic mass is 19.1. The number of nitrogen functional groups attached to an aromatic ring is 1. The van der Waals surface area contributed by atoms with Gasteiger partial charge < -0.3 is 10.5 Å². The molecule has 9 nitrogen and oxygen atoms in total. The summed E-state index contributed by atoms with van der Waals surface area (Å²) in [6.45, 7) is 1.99. The number of imide groups is 1. The highest BCUT2D eigenvalue weighted by Gasteiger charge is 2.31. The summed E-state index contributed by atoms with van der Waals surface area (Å²) in [7, 11) is 1.79. The summed E-state index contributed by atoms with van der Waals surface area (Å²) in [5.74, 6) is -2.37. The standard InChI is InChI=1S/C19H16FN5O4/c1-9-10(7-22-24(9)2)8-29-14-4-3-11(5-13(14)20)25-15(26)6-12-16(17(25)21)19(28)23-18(12)27/h3-7H,8,21H2,1-2H3,(H,23,27,28). The van der Waals surface area contributed by atoms with Crippen molar-refractivity contribution < 1.29 is 18.7 Å². The molecular weight excluding hydrogens is 381 g/mol. The lowest BCUT2D eigenvalue weighted by atomic mass is 10.1. The van der Waals surface area contributed by atoms with Crippen molar-refractivity contribution in [1.82, 2.24) is 19.7 Å². The van der Waals surface area contributed by atoms with Gasteiger partial charge in [0.25, 0.3) is 17.4 Å². The van der Waals surface area contributed by atoms with Crippen LogP contribution < -0.4 is 21.3 Å². The molecule has 10 heteroatoms. The highest BCUT2D eigenvalue weighted by Crippen LogP contribution is 2.26. The summed E-state index contributed by atoms with van der Waals surface area (Å²) in [6, 6.07) is 4.87. The van der Waals surface area contributed by atoms with Gasteiger partial charge in [0.05, 0.1) is 23.0 Å². The molecule has 0 saturated carbocycles. The van der Waals surface area contributed by atoms with Crippen LogP contribution in [0.4, 0.5) is 10.2 Å². The first-order valence-electron chi connectivity index (χ1n) is 8.59. The van der Waals surface area contributed by atoms with Crippen LogP contribution in [0.2, 0.25) is 0 Å². The van der Waals surface area contributed by atoms with Crippen molar-refractivity contribution in [2.24, 2.45) is 7.05 Å². The monoisotopic (exact) mass is 397 g/mol. The molecule has 3 aromatic rings. The maximum atomic E-state index is 14.6. The van der Waals surface area contributed by atoms with E-state index in [1.165, 1.54) is 12.1 Å². The number of carbonyl (C=O) groups excluding carboxylic acids is 2. The molecule has 0 aliphatic carbocycles. The Kier molecular flexibility index (Phi) is 4.18. The van der Waals surface area contributed by atoms with Crippen LogP contribution in [0, 0.1) is 12.7 Å². The zero-order valence-corrected chi connectivity index (χ0v) is 15.5. The van der Waals surface area contributed by atoms with Crippen molar-refractivity contribution in [2.75, 3.05) is 5.73 Å². The lowest BCUT2D eigenvalue weighted by Crippen LogP contribution is -2.24. The number of hydrogen-bond donors (Lipinski definition) is 2.